The molecular formula is C8H10N6OS. The van der Waals surface area contributed by atoms with Crippen LogP contribution in [0.25, 0.3) is 0 Å². The molecule has 0 aliphatic rings. The van der Waals surface area contributed by atoms with Crippen molar-refractivity contribution in [3.63, 3.8) is 0 Å². The first kappa shape index (κ1) is 10.6. The molecule has 0 unspecified atom stereocenters. The smallest absolute Gasteiger partial charge is 0.247 e. The fraction of sp³-hybridized carbons (Fsp3) is 0.250. The predicted octanol–water partition coefficient (Wildman–Crippen LogP) is 0.264. The van der Waals surface area contributed by atoms with Crippen molar-refractivity contribution >= 4 is 28.4 Å². The molecule has 0 saturated heterocycles. The second-order valence-electron chi connectivity index (χ2n) is 3.13. The zero-order chi connectivity index (χ0) is 11.5. The Morgan fingerprint density at radius 1 is 1.69 bits per heavy atom. The van der Waals surface area contributed by atoms with Crippen LogP contribution in [-0.4, -0.2) is 25.0 Å². The van der Waals surface area contributed by atoms with E-state index in [1.165, 1.54) is 4.68 Å². The van der Waals surface area contributed by atoms with Gasteiger partial charge in [-0.2, -0.15) is 9.47 Å². The summed E-state index contributed by atoms with van der Waals surface area (Å²) in [5, 5.41) is 7.01. The van der Waals surface area contributed by atoms with Gasteiger partial charge in [-0.1, -0.05) is 0 Å². The lowest BCUT2D eigenvalue weighted by Crippen LogP contribution is -2.19. The van der Waals surface area contributed by atoms with E-state index in [1.54, 1.807) is 19.2 Å². The van der Waals surface area contributed by atoms with Crippen LogP contribution in [-0.2, 0) is 11.3 Å². The number of nitrogens with zero attached hydrogens (tertiary/aromatic N) is 4. The summed E-state index contributed by atoms with van der Waals surface area (Å²) in [5.74, 6) is 0.822. The SMILES string of the molecule is Cc1nsc(NC(=O)Cn2ccc(N)n2)n1. The zero-order valence-corrected chi connectivity index (χ0v) is 9.36. The van der Waals surface area contributed by atoms with Gasteiger partial charge in [0.2, 0.25) is 11.0 Å². The Kier molecular flexibility index (Phi) is 2.82. The monoisotopic (exact) mass is 238 g/mol. The lowest BCUT2D eigenvalue weighted by Gasteiger charge is -2.00. The van der Waals surface area contributed by atoms with E-state index in [1.807, 2.05) is 0 Å². The van der Waals surface area contributed by atoms with E-state index in [-0.39, 0.29) is 12.5 Å². The number of amides is 1. The number of anilines is 2. The van der Waals surface area contributed by atoms with Crippen LogP contribution >= 0.6 is 11.5 Å². The number of nitrogen functional groups attached to an aromatic ring is 1. The summed E-state index contributed by atoms with van der Waals surface area (Å²) in [7, 11) is 0. The molecule has 1 amide bonds. The van der Waals surface area contributed by atoms with E-state index in [2.05, 4.69) is 19.8 Å². The number of nitrogens with two attached hydrogens (primary N) is 1. The van der Waals surface area contributed by atoms with Gasteiger partial charge in [0, 0.05) is 17.7 Å². The molecule has 0 saturated carbocycles. The van der Waals surface area contributed by atoms with Crippen LogP contribution in [0.2, 0.25) is 0 Å². The Labute approximate surface area is 95.5 Å². The Morgan fingerprint density at radius 2 is 2.50 bits per heavy atom. The van der Waals surface area contributed by atoms with Crippen LogP contribution in [0.4, 0.5) is 10.9 Å². The van der Waals surface area contributed by atoms with Gasteiger partial charge in [0.1, 0.15) is 18.2 Å². The maximum Gasteiger partial charge on any atom is 0.247 e. The van der Waals surface area contributed by atoms with Crippen LogP contribution in [0.3, 0.4) is 0 Å². The predicted molar refractivity (Wildman–Crippen MR) is 59.9 cm³/mol. The first-order chi connectivity index (χ1) is 7.63. The lowest BCUT2D eigenvalue weighted by molar-refractivity contribution is -0.116. The fourth-order valence-electron chi connectivity index (χ4n) is 1.12. The second-order valence-corrected chi connectivity index (χ2v) is 3.88. The van der Waals surface area contributed by atoms with Gasteiger partial charge in [-0.3, -0.25) is 14.8 Å². The third kappa shape index (κ3) is 2.54. The van der Waals surface area contributed by atoms with Gasteiger partial charge in [0.25, 0.3) is 0 Å². The summed E-state index contributed by atoms with van der Waals surface area (Å²) in [6.45, 7) is 1.87. The van der Waals surface area contributed by atoms with Crippen molar-refractivity contribution in [2.75, 3.05) is 11.1 Å². The van der Waals surface area contributed by atoms with Crippen molar-refractivity contribution in [3.8, 4) is 0 Å². The van der Waals surface area contributed by atoms with Crippen LogP contribution < -0.4 is 11.1 Å². The highest BCUT2D eigenvalue weighted by atomic mass is 32.1. The molecule has 2 aromatic heterocycles. The van der Waals surface area contributed by atoms with Gasteiger partial charge in [0.15, 0.2) is 0 Å². The normalized spacial score (nSPS) is 10.3. The van der Waals surface area contributed by atoms with Crippen molar-refractivity contribution in [2.45, 2.75) is 13.5 Å². The molecule has 84 valence electrons. The standard InChI is InChI=1S/C8H10N6OS/c1-5-10-8(16-13-5)11-7(15)4-14-3-2-6(9)12-14/h2-3H,4H2,1H3,(H2,9,12)(H,10,11,13,15). The molecule has 0 aliphatic heterocycles. The van der Waals surface area contributed by atoms with Gasteiger partial charge in [0.05, 0.1) is 0 Å². The van der Waals surface area contributed by atoms with Gasteiger partial charge < -0.3 is 5.73 Å². The molecule has 0 bridgehead atoms. The molecule has 0 aliphatic carbocycles. The Bertz CT molecular complexity index is 460. The molecule has 0 spiro atoms. The molecule has 2 aromatic rings. The van der Waals surface area contributed by atoms with E-state index in [0.29, 0.717) is 16.8 Å². The zero-order valence-electron chi connectivity index (χ0n) is 8.54. The number of nitrogens with one attached hydrogen (secondary N) is 1. The minimum atomic E-state index is -0.209. The number of rotatable bonds is 3. The molecule has 8 heteroatoms. The summed E-state index contributed by atoms with van der Waals surface area (Å²) < 4.78 is 5.41. The number of carbonyl (C=O) groups excluding carboxylic acids is 1. The number of aromatic nitrogens is 4. The van der Waals surface area contributed by atoms with E-state index < -0.39 is 0 Å². The summed E-state index contributed by atoms with van der Waals surface area (Å²) in [4.78, 5) is 15.5. The number of aryl methyl sites for hydroxylation is 1. The summed E-state index contributed by atoms with van der Waals surface area (Å²) in [6, 6.07) is 1.63. The topological polar surface area (TPSA) is 98.7 Å². The molecule has 0 fully saturated rings. The average molecular weight is 238 g/mol. The molecular weight excluding hydrogens is 228 g/mol. The minimum absolute atomic E-state index is 0.107. The quantitative estimate of drug-likeness (QED) is 0.799. The average Bonchev–Trinajstić information content (AvgIpc) is 2.76. The molecule has 0 atom stereocenters. The van der Waals surface area contributed by atoms with Gasteiger partial charge >= 0.3 is 0 Å². The first-order valence-electron chi connectivity index (χ1n) is 4.52. The molecule has 0 radical (unpaired) electrons. The Balaban J connectivity index is 1.94. The molecule has 7 nitrogen and oxygen atoms in total. The van der Waals surface area contributed by atoms with Gasteiger partial charge in [-0.05, 0) is 13.0 Å². The van der Waals surface area contributed by atoms with Crippen molar-refractivity contribution in [1.82, 2.24) is 19.1 Å². The molecule has 3 N–H and O–H groups in total. The third-order valence-electron chi connectivity index (χ3n) is 1.74. The van der Waals surface area contributed by atoms with E-state index in [4.69, 9.17) is 5.73 Å². The Morgan fingerprint density at radius 3 is 3.06 bits per heavy atom. The van der Waals surface area contributed by atoms with Crippen LogP contribution in [0, 0.1) is 6.92 Å². The maximum atomic E-state index is 11.5. The molecule has 16 heavy (non-hydrogen) atoms. The molecule has 0 aromatic carbocycles. The van der Waals surface area contributed by atoms with Crippen LogP contribution in [0.5, 0.6) is 0 Å². The van der Waals surface area contributed by atoms with Crippen LogP contribution in [0.15, 0.2) is 12.3 Å². The molecule has 2 heterocycles. The highest BCUT2D eigenvalue weighted by Crippen LogP contribution is 2.09. The summed E-state index contributed by atoms with van der Waals surface area (Å²) >= 11 is 1.15. The van der Waals surface area contributed by atoms with Crippen molar-refractivity contribution in [1.29, 1.82) is 0 Å². The summed E-state index contributed by atoms with van der Waals surface area (Å²) in [6.07, 6.45) is 1.64. The molecule has 2 rings (SSSR count). The third-order valence-corrected chi connectivity index (χ3v) is 2.46. The minimum Gasteiger partial charge on any atom is -0.382 e. The second kappa shape index (κ2) is 4.27. The van der Waals surface area contributed by atoms with E-state index >= 15 is 0 Å². The van der Waals surface area contributed by atoms with Gasteiger partial charge in [-0.15, -0.1) is 0 Å². The van der Waals surface area contributed by atoms with Crippen molar-refractivity contribution in [3.05, 3.63) is 18.1 Å². The summed E-state index contributed by atoms with van der Waals surface area (Å²) in [5.41, 5.74) is 5.43. The van der Waals surface area contributed by atoms with Crippen LogP contribution in [0.1, 0.15) is 5.82 Å². The van der Waals surface area contributed by atoms with E-state index in [0.717, 1.165) is 11.5 Å². The number of carbonyl (C=O) groups is 1. The van der Waals surface area contributed by atoms with Crippen molar-refractivity contribution in [2.24, 2.45) is 0 Å². The highest BCUT2D eigenvalue weighted by Gasteiger charge is 2.07. The van der Waals surface area contributed by atoms with Gasteiger partial charge in [-0.25, -0.2) is 4.98 Å². The Hall–Kier alpha value is -1.96. The largest absolute Gasteiger partial charge is 0.382 e. The highest BCUT2D eigenvalue weighted by molar-refractivity contribution is 7.09. The van der Waals surface area contributed by atoms with Crippen molar-refractivity contribution < 1.29 is 4.79 Å². The fourth-order valence-corrected chi connectivity index (χ4v) is 1.71. The first-order valence-corrected chi connectivity index (χ1v) is 5.30. The maximum absolute atomic E-state index is 11.5. The number of hydrogen-bond acceptors (Lipinski definition) is 6. The number of hydrogen-bond donors (Lipinski definition) is 2. The van der Waals surface area contributed by atoms with E-state index in [9.17, 15) is 4.79 Å². The lowest BCUT2D eigenvalue weighted by atomic mass is 10.6.